The molecule has 6 atom stereocenters. The second-order valence-corrected chi connectivity index (χ2v) is 27.2. The molecule has 71 heavy (non-hydrogen) atoms. The van der Waals surface area contributed by atoms with Crippen molar-refractivity contribution in [1.82, 2.24) is 0 Å². The number of unbranched alkanes of at least 4 members (excludes halogenated alkanes) is 18. The van der Waals surface area contributed by atoms with E-state index in [1.807, 2.05) is 58.1 Å². The van der Waals surface area contributed by atoms with E-state index >= 15 is 0 Å². The van der Waals surface area contributed by atoms with Gasteiger partial charge in [0.25, 0.3) is 0 Å². The van der Waals surface area contributed by atoms with Crippen LogP contribution in [0.1, 0.15) is 199 Å². The number of ether oxygens (including phenoxy) is 3. The van der Waals surface area contributed by atoms with Gasteiger partial charge in [0, 0.05) is 19.3 Å². The predicted octanol–water partition coefficient (Wildman–Crippen LogP) is 13.1. The largest absolute Gasteiger partial charge is 0.462 e. The van der Waals surface area contributed by atoms with Crippen LogP contribution < -0.4 is 5.90 Å². The summed E-state index contributed by atoms with van der Waals surface area (Å²) in [6.07, 6.45) is 16.4. The van der Waals surface area contributed by atoms with Crippen molar-refractivity contribution >= 4 is 36.4 Å². The van der Waals surface area contributed by atoms with Crippen LogP contribution in [0.4, 0.5) is 0 Å². The van der Waals surface area contributed by atoms with Crippen LogP contribution in [0.15, 0.2) is 60.7 Å². The van der Waals surface area contributed by atoms with Gasteiger partial charge in [-0.05, 0) is 80.6 Å². The Morgan fingerprint density at radius 3 is 1.62 bits per heavy atom. The molecule has 13 nitrogen and oxygen atoms in total. The molecule has 2 aromatic rings. The fraction of sp³-hybridized carbons (Fsp3) is 0.732. The SMILES string of the molecule is CCCCCCCCCCC[C@@H](CC(=O)[C@H]1C(ON)O[C@H](CO[Si](C)(C)C(C)(C)C)[C@@H](OS(=O)(=O)O)[C@@H]1OC(=O)CCCCCCCCc1ccccc1)OC(=O)CCCCCCCCc1ccccc1. The summed E-state index contributed by atoms with van der Waals surface area (Å²) in [6, 6.07) is 20.8. The summed E-state index contributed by atoms with van der Waals surface area (Å²) in [5, 5.41) is -0.249. The van der Waals surface area contributed by atoms with Crippen LogP contribution in [0.2, 0.25) is 18.1 Å². The number of ketones is 1. The molecule has 0 bridgehead atoms. The fourth-order valence-electron chi connectivity index (χ4n) is 9.00. The number of rotatable bonds is 39. The van der Waals surface area contributed by atoms with Crippen LogP contribution in [0.5, 0.6) is 0 Å². The lowest BCUT2D eigenvalue weighted by molar-refractivity contribution is -0.279. The van der Waals surface area contributed by atoms with Crippen molar-refractivity contribution < 1.29 is 55.0 Å². The molecule has 2 aromatic carbocycles. The molecule has 15 heteroatoms. The molecule has 0 spiro atoms. The molecule has 0 radical (unpaired) electrons. The van der Waals surface area contributed by atoms with Crippen LogP contribution in [0.25, 0.3) is 0 Å². The molecule has 1 aliphatic heterocycles. The van der Waals surface area contributed by atoms with E-state index in [1.165, 1.54) is 36.8 Å². The summed E-state index contributed by atoms with van der Waals surface area (Å²) in [4.78, 5) is 47.2. The second kappa shape index (κ2) is 34.5. The van der Waals surface area contributed by atoms with Crippen molar-refractivity contribution in [1.29, 1.82) is 0 Å². The lowest BCUT2D eigenvalue weighted by Crippen LogP contribution is -2.62. The van der Waals surface area contributed by atoms with Crippen molar-refractivity contribution in [3.05, 3.63) is 71.8 Å². The Hall–Kier alpha value is -3.02. The molecule has 0 aromatic heterocycles. The molecule has 3 rings (SSSR count). The summed E-state index contributed by atoms with van der Waals surface area (Å²) < 4.78 is 65.3. The quantitative estimate of drug-likeness (QED) is 0.0212. The lowest BCUT2D eigenvalue weighted by atomic mass is 9.85. The number of carbonyl (C=O) groups is 3. The van der Waals surface area contributed by atoms with Gasteiger partial charge < -0.3 is 18.6 Å². The minimum Gasteiger partial charge on any atom is -0.462 e. The lowest BCUT2D eigenvalue weighted by Gasteiger charge is -2.45. The monoisotopic (exact) mass is 1030 g/mol. The zero-order chi connectivity index (χ0) is 52.0. The Morgan fingerprint density at radius 1 is 0.676 bits per heavy atom. The number of nitrogens with two attached hydrogens (primary N) is 1. The average Bonchev–Trinajstić information content (AvgIpc) is 3.32. The molecule has 1 aliphatic rings. The molecule has 0 amide bonds. The van der Waals surface area contributed by atoms with Gasteiger partial charge in [0.1, 0.15) is 36.1 Å². The number of aryl methyl sites for hydroxylation is 2. The average molecular weight is 1030 g/mol. The summed E-state index contributed by atoms with van der Waals surface area (Å²) in [6.45, 7) is 12.1. The zero-order valence-electron chi connectivity index (χ0n) is 44.5. The van der Waals surface area contributed by atoms with Crippen LogP contribution >= 0.6 is 0 Å². The highest BCUT2D eigenvalue weighted by Crippen LogP contribution is 2.39. The van der Waals surface area contributed by atoms with Gasteiger partial charge in [0.2, 0.25) is 0 Å². The molecule has 1 unspecified atom stereocenters. The molecular weight excluding hydrogens is 939 g/mol. The maximum Gasteiger partial charge on any atom is 0.397 e. The summed E-state index contributed by atoms with van der Waals surface area (Å²) in [7, 11) is -7.69. The van der Waals surface area contributed by atoms with Crippen molar-refractivity contribution in [3.63, 3.8) is 0 Å². The minimum atomic E-state index is -5.19. The third-order valence-electron chi connectivity index (χ3n) is 14.3. The Morgan fingerprint density at radius 2 is 1.14 bits per heavy atom. The van der Waals surface area contributed by atoms with E-state index in [0.717, 1.165) is 103 Å². The van der Waals surface area contributed by atoms with Gasteiger partial charge >= 0.3 is 22.3 Å². The van der Waals surface area contributed by atoms with E-state index in [-0.39, 0.29) is 30.9 Å². The fourth-order valence-corrected chi connectivity index (χ4v) is 10.5. The molecule has 1 saturated heterocycles. The van der Waals surface area contributed by atoms with Gasteiger partial charge in [0.05, 0.1) is 6.61 Å². The second-order valence-electron chi connectivity index (χ2n) is 21.3. The van der Waals surface area contributed by atoms with E-state index in [2.05, 4.69) is 43.3 Å². The van der Waals surface area contributed by atoms with Gasteiger partial charge in [-0.15, -0.1) is 0 Å². The van der Waals surface area contributed by atoms with Gasteiger partial charge in [-0.1, -0.05) is 191 Å². The number of Topliss-reactive ketones (excluding diaryl/α,β-unsaturated/α-hetero) is 1. The highest BCUT2D eigenvalue weighted by atomic mass is 32.3. The third-order valence-corrected chi connectivity index (χ3v) is 19.3. The van der Waals surface area contributed by atoms with Gasteiger partial charge in [-0.25, -0.2) is 10.1 Å². The van der Waals surface area contributed by atoms with Gasteiger partial charge in [-0.2, -0.15) is 8.42 Å². The van der Waals surface area contributed by atoms with Crippen LogP contribution in [-0.2, 0) is 65.3 Å². The maximum atomic E-state index is 14.7. The third kappa shape index (κ3) is 26.2. The zero-order valence-corrected chi connectivity index (χ0v) is 46.3. The number of carbonyl (C=O) groups excluding carboxylic acids is 3. The van der Waals surface area contributed by atoms with E-state index in [0.29, 0.717) is 25.7 Å². The summed E-state index contributed by atoms with van der Waals surface area (Å²) in [5.74, 6) is 2.69. The van der Waals surface area contributed by atoms with Crippen molar-refractivity contribution in [3.8, 4) is 0 Å². The normalized spacial score (nSPS) is 19.1. The van der Waals surface area contributed by atoms with Gasteiger partial charge in [0.15, 0.2) is 14.6 Å². The van der Waals surface area contributed by atoms with Crippen molar-refractivity contribution in [2.45, 2.75) is 250 Å². The molecule has 0 saturated carbocycles. The van der Waals surface area contributed by atoms with E-state index < -0.39 is 73.1 Å². The maximum absolute atomic E-state index is 14.7. The number of hydrogen-bond donors (Lipinski definition) is 2. The van der Waals surface area contributed by atoms with Gasteiger partial charge in [-0.3, -0.25) is 23.8 Å². The number of benzene rings is 2. The Bertz CT molecular complexity index is 1860. The van der Waals surface area contributed by atoms with Crippen LogP contribution in [0.3, 0.4) is 0 Å². The van der Waals surface area contributed by atoms with E-state index in [9.17, 15) is 27.4 Å². The van der Waals surface area contributed by atoms with E-state index in [1.54, 1.807) is 0 Å². The molecule has 1 heterocycles. The van der Waals surface area contributed by atoms with Crippen LogP contribution in [0, 0.1) is 5.92 Å². The number of hydrogen-bond acceptors (Lipinski definition) is 12. The van der Waals surface area contributed by atoms with Crippen molar-refractivity contribution in [2.24, 2.45) is 11.8 Å². The first kappa shape index (κ1) is 62.3. The molecule has 1 fully saturated rings. The first-order chi connectivity index (χ1) is 33.9. The van der Waals surface area contributed by atoms with E-state index in [4.69, 9.17) is 33.6 Å². The predicted molar refractivity (Wildman–Crippen MR) is 283 cm³/mol. The summed E-state index contributed by atoms with van der Waals surface area (Å²) >= 11 is 0. The molecule has 0 aliphatic carbocycles. The van der Waals surface area contributed by atoms with Crippen molar-refractivity contribution in [2.75, 3.05) is 6.61 Å². The first-order valence-corrected chi connectivity index (χ1v) is 31.5. The molecular formula is C56H93NO12SSi. The minimum absolute atomic E-state index is 0.00725. The molecule has 3 N–H and O–H groups in total. The van der Waals surface area contributed by atoms with Crippen LogP contribution in [-0.4, -0.2) is 76.3 Å². The standard InChI is InChI=1S/C56H93NO12SSi/c1-7-8-9-10-11-12-13-20-31-40-47(65-50(59)41-32-21-16-14-18-25-34-45-36-27-23-28-37-45)43-48(58)52-54(67-51(60)42-33-22-17-15-19-26-35-46-38-29-24-30-39-46)53(69-70(61,62)63)49(66-55(52)68-57)44-64-71(5,6)56(2,3)4/h23-24,27-30,36-39,47,49,52-55H,7-22,25-26,31-35,40-44,57H2,1-6H3,(H,61,62,63)/t47-,49+,52+,53+,54+,55?/m0/s1. The Labute approximate surface area is 429 Å². The topological polar surface area (TPSA) is 187 Å². The summed E-state index contributed by atoms with van der Waals surface area (Å²) in [5.41, 5.74) is 2.65. The Kier molecular flexibility index (Phi) is 30.2. The first-order valence-electron chi connectivity index (χ1n) is 27.2. The highest BCUT2D eigenvalue weighted by Gasteiger charge is 2.55. The Balaban J connectivity index is 1.75. The number of esters is 2. The molecule has 404 valence electrons. The highest BCUT2D eigenvalue weighted by molar-refractivity contribution is 7.80. The smallest absolute Gasteiger partial charge is 0.397 e.